The Morgan fingerprint density at radius 3 is 2.81 bits per heavy atom. The number of hydrogen-bond acceptors (Lipinski definition) is 4. The second kappa shape index (κ2) is 8.78. The highest BCUT2D eigenvalue weighted by Crippen LogP contribution is 2.38. The van der Waals surface area contributed by atoms with Crippen LogP contribution in [0.2, 0.25) is 0 Å². The summed E-state index contributed by atoms with van der Waals surface area (Å²) in [7, 11) is 0. The topological polar surface area (TPSA) is 78.5 Å². The molecule has 4 amide bonds. The Labute approximate surface area is 164 Å². The molecule has 2 fully saturated rings. The average molecular weight is 390 g/mol. The maximum atomic E-state index is 12.8. The van der Waals surface area contributed by atoms with Crippen molar-refractivity contribution in [3.63, 3.8) is 0 Å². The van der Waals surface area contributed by atoms with Gasteiger partial charge in [-0.3, -0.25) is 14.5 Å². The monoisotopic (exact) mass is 389 g/mol. The fraction of sp³-hybridized carbons (Fsp3) is 0.550. The van der Waals surface area contributed by atoms with Gasteiger partial charge in [0.15, 0.2) is 0 Å². The van der Waals surface area contributed by atoms with Crippen LogP contribution in [0.1, 0.15) is 38.2 Å². The van der Waals surface area contributed by atoms with Crippen LogP contribution in [0.5, 0.6) is 0 Å². The zero-order chi connectivity index (χ0) is 19.3. The van der Waals surface area contributed by atoms with Gasteiger partial charge in [-0.05, 0) is 24.3 Å². The number of amides is 4. The second-order valence-electron chi connectivity index (χ2n) is 7.33. The van der Waals surface area contributed by atoms with Crippen molar-refractivity contribution in [2.45, 2.75) is 43.9 Å². The predicted molar refractivity (Wildman–Crippen MR) is 106 cm³/mol. The minimum Gasteiger partial charge on any atom is -0.354 e. The van der Waals surface area contributed by atoms with Crippen LogP contribution in [0.25, 0.3) is 0 Å². The smallest absolute Gasteiger partial charge is 0.325 e. The summed E-state index contributed by atoms with van der Waals surface area (Å²) in [6, 6.07) is 9.71. The quantitative estimate of drug-likeness (QED) is 0.555. The minimum absolute atomic E-state index is 0.102. The van der Waals surface area contributed by atoms with Crippen molar-refractivity contribution >= 4 is 29.6 Å². The molecule has 1 aliphatic heterocycles. The van der Waals surface area contributed by atoms with Gasteiger partial charge in [-0.15, -0.1) is 0 Å². The Hall–Kier alpha value is -2.02. The van der Waals surface area contributed by atoms with Crippen LogP contribution in [0.4, 0.5) is 4.79 Å². The van der Waals surface area contributed by atoms with Gasteiger partial charge in [-0.2, -0.15) is 11.8 Å². The molecule has 1 aliphatic carbocycles. The molecule has 1 aromatic carbocycles. The summed E-state index contributed by atoms with van der Waals surface area (Å²) in [6.45, 7) is 2.31. The number of rotatable bonds is 7. The van der Waals surface area contributed by atoms with Crippen molar-refractivity contribution in [3.8, 4) is 0 Å². The molecule has 0 bridgehead atoms. The average Bonchev–Trinajstić information content (AvgIpc) is 2.90. The van der Waals surface area contributed by atoms with Gasteiger partial charge in [-0.1, -0.05) is 50.1 Å². The maximum absolute atomic E-state index is 12.8. The van der Waals surface area contributed by atoms with Gasteiger partial charge in [0.25, 0.3) is 5.91 Å². The summed E-state index contributed by atoms with van der Waals surface area (Å²) in [5.74, 6) is 1.24. The van der Waals surface area contributed by atoms with Crippen molar-refractivity contribution in [2.75, 3.05) is 18.8 Å². The fourth-order valence-electron chi connectivity index (χ4n) is 3.87. The van der Waals surface area contributed by atoms with Crippen LogP contribution in [-0.2, 0) is 15.3 Å². The number of carbonyl (C=O) groups is 3. The number of benzene rings is 1. The number of hydrogen-bond donors (Lipinski definition) is 2. The lowest BCUT2D eigenvalue weighted by Gasteiger charge is -2.36. The minimum atomic E-state index is -0.804. The van der Waals surface area contributed by atoms with E-state index in [2.05, 4.69) is 22.8 Å². The molecule has 3 rings (SSSR count). The summed E-state index contributed by atoms with van der Waals surface area (Å²) in [5, 5.41) is 5.68. The Bertz CT molecular complexity index is 697. The Morgan fingerprint density at radius 1 is 1.30 bits per heavy atom. The molecule has 1 saturated heterocycles. The summed E-state index contributed by atoms with van der Waals surface area (Å²) in [4.78, 5) is 38.4. The Balaban J connectivity index is 1.42. The van der Waals surface area contributed by atoms with Crippen molar-refractivity contribution in [3.05, 3.63) is 35.9 Å². The molecular weight excluding hydrogens is 362 g/mol. The molecule has 1 aromatic rings. The molecule has 1 saturated carbocycles. The molecule has 2 aliphatic rings. The number of carbonyl (C=O) groups excluding carboxylic acids is 3. The van der Waals surface area contributed by atoms with E-state index in [0.717, 1.165) is 35.7 Å². The zero-order valence-corrected chi connectivity index (χ0v) is 16.5. The van der Waals surface area contributed by atoms with Crippen LogP contribution in [0.15, 0.2) is 30.3 Å². The van der Waals surface area contributed by atoms with Crippen LogP contribution >= 0.6 is 11.8 Å². The van der Waals surface area contributed by atoms with Crippen molar-refractivity contribution < 1.29 is 14.4 Å². The molecule has 6 nitrogen and oxygen atoms in total. The first kappa shape index (κ1) is 19.7. The fourth-order valence-corrected chi connectivity index (χ4v) is 4.68. The molecular formula is C20H27N3O3S. The van der Waals surface area contributed by atoms with Gasteiger partial charge < -0.3 is 10.6 Å². The maximum Gasteiger partial charge on any atom is 0.325 e. The van der Waals surface area contributed by atoms with Crippen LogP contribution in [0, 0.1) is 5.92 Å². The van der Waals surface area contributed by atoms with Gasteiger partial charge in [0.05, 0.1) is 0 Å². The molecule has 27 heavy (non-hydrogen) atoms. The second-order valence-corrected chi connectivity index (χ2v) is 8.43. The highest BCUT2D eigenvalue weighted by molar-refractivity contribution is 7.98. The lowest BCUT2D eigenvalue weighted by molar-refractivity contribution is -0.137. The highest BCUT2D eigenvalue weighted by Gasteiger charge is 2.55. The van der Waals surface area contributed by atoms with E-state index in [1.54, 1.807) is 11.8 Å². The van der Waals surface area contributed by atoms with Crippen molar-refractivity contribution in [1.29, 1.82) is 0 Å². The number of imide groups is 1. The van der Waals surface area contributed by atoms with Crippen molar-refractivity contribution in [2.24, 2.45) is 5.92 Å². The van der Waals surface area contributed by atoms with Crippen LogP contribution < -0.4 is 10.6 Å². The lowest BCUT2D eigenvalue weighted by atomic mass is 9.73. The third-order valence-electron chi connectivity index (χ3n) is 5.48. The normalized spacial score (nSPS) is 24.9. The molecule has 0 unspecified atom stereocenters. The van der Waals surface area contributed by atoms with E-state index in [4.69, 9.17) is 0 Å². The summed E-state index contributed by atoms with van der Waals surface area (Å²) in [5.41, 5.74) is 0.446. The van der Waals surface area contributed by atoms with Crippen LogP contribution in [-0.4, -0.2) is 47.1 Å². The third kappa shape index (κ3) is 4.46. The van der Waals surface area contributed by atoms with E-state index in [0.29, 0.717) is 13.0 Å². The predicted octanol–water partition coefficient (Wildman–Crippen LogP) is 2.54. The largest absolute Gasteiger partial charge is 0.354 e. The molecule has 2 atom stereocenters. The summed E-state index contributed by atoms with van der Waals surface area (Å²) in [6.07, 6.45) is 3.58. The van der Waals surface area contributed by atoms with Crippen LogP contribution in [0.3, 0.4) is 0 Å². The molecule has 2 N–H and O–H groups in total. The number of nitrogens with one attached hydrogen (secondary N) is 2. The van der Waals surface area contributed by atoms with E-state index in [1.807, 2.05) is 25.1 Å². The number of nitrogens with zero attached hydrogens (tertiary/aromatic N) is 1. The van der Waals surface area contributed by atoms with E-state index in [9.17, 15) is 14.4 Å². The number of thioether (sulfide) groups is 1. The highest BCUT2D eigenvalue weighted by atomic mass is 32.2. The first-order valence-electron chi connectivity index (χ1n) is 9.55. The van der Waals surface area contributed by atoms with E-state index < -0.39 is 11.6 Å². The van der Waals surface area contributed by atoms with Crippen molar-refractivity contribution in [1.82, 2.24) is 15.5 Å². The molecule has 0 radical (unpaired) electrons. The molecule has 146 valence electrons. The first-order valence-corrected chi connectivity index (χ1v) is 10.7. The van der Waals surface area contributed by atoms with E-state index in [1.165, 1.54) is 5.56 Å². The molecule has 0 aromatic heterocycles. The molecule has 1 spiro atoms. The molecule has 1 heterocycles. The van der Waals surface area contributed by atoms with E-state index >= 15 is 0 Å². The van der Waals surface area contributed by atoms with Gasteiger partial charge in [0.2, 0.25) is 5.91 Å². The standard InChI is InChI=1S/C20H27N3O3S/c1-15-7-5-6-10-20(15)18(25)23(19(26)22-20)13-17(24)21-11-12-27-14-16-8-3-2-4-9-16/h2-4,8-9,15H,5-7,10-14H2,1H3,(H,21,24)(H,22,26)/t15-,20+/m0/s1. The summed E-state index contributed by atoms with van der Waals surface area (Å²) >= 11 is 1.74. The number of urea groups is 1. The lowest BCUT2D eigenvalue weighted by Crippen LogP contribution is -2.54. The van der Waals surface area contributed by atoms with Gasteiger partial charge >= 0.3 is 6.03 Å². The van der Waals surface area contributed by atoms with Gasteiger partial charge in [-0.25, -0.2) is 4.79 Å². The van der Waals surface area contributed by atoms with E-state index in [-0.39, 0.29) is 24.3 Å². The van der Waals surface area contributed by atoms with Gasteiger partial charge in [0.1, 0.15) is 12.1 Å². The Morgan fingerprint density at radius 2 is 2.07 bits per heavy atom. The first-order chi connectivity index (χ1) is 13.0. The molecule has 7 heteroatoms. The SMILES string of the molecule is C[C@H]1CCCC[C@@]12NC(=O)N(CC(=O)NCCSCc1ccccc1)C2=O. The zero-order valence-electron chi connectivity index (χ0n) is 15.7. The van der Waals surface area contributed by atoms with Gasteiger partial charge in [0, 0.05) is 18.1 Å². The Kier molecular flexibility index (Phi) is 6.42. The third-order valence-corrected chi connectivity index (χ3v) is 6.51. The summed E-state index contributed by atoms with van der Waals surface area (Å²) < 4.78 is 0.